The lowest BCUT2D eigenvalue weighted by molar-refractivity contribution is 0.588. The molecule has 1 aliphatic heterocycles. The van der Waals surface area contributed by atoms with Crippen molar-refractivity contribution in [2.45, 2.75) is 17.1 Å². The van der Waals surface area contributed by atoms with Gasteiger partial charge in [-0.1, -0.05) is 11.3 Å². The van der Waals surface area contributed by atoms with Crippen LogP contribution >= 0.6 is 11.3 Å². The van der Waals surface area contributed by atoms with E-state index < -0.39 is 11.2 Å². The number of thiophene rings is 1. The first kappa shape index (κ1) is 6.70. The molecular weight excluding hydrogens is 164 g/mol. The predicted molar refractivity (Wildman–Crippen MR) is 43.9 cm³/mol. The summed E-state index contributed by atoms with van der Waals surface area (Å²) in [6.07, 6.45) is 2.22. The van der Waals surface area contributed by atoms with Gasteiger partial charge in [-0.2, -0.15) is 0 Å². The summed E-state index contributed by atoms with van der Waals surface area (Å²) in [5.41, 5.74) is 1.31. The third-order valence-corrected chi connectivity index (χ3v) is 4.62. The summed E-state index contributed by atoms with van der Waals surface area (Å²) >= 11 is 0.968. The summed E-state index contributed by atoms with van der Waals surface area (Å²) in [7, 11) is 0. The Balaban J connectivity index is 2.41. The predicted octanol–water partition coefficient (Wildman–Crippen LogP) is 1.80. The van der Waals surface area contributed by atoms with Crippen LogP contribution in [0.4, 0.5) is 0 Å². The van der Waals surface area contributed by atoms with E-state index in [0.717, 1.165) is 22.8 Å². The van der Waals surface area contributed by atoms with Crippen molar-refractivity contribution in [3.8, 4) is 0 Å². The van der Waals surface area contributed by atoms with Crippen LogP contribution in [0.25, 0.3) is 0 Å². The fraction of sp³-hybridized carbons (Fsp3) is 0.429. The van der Waals surface area contributed by atoms with Gasteiger partial charge in [0.1, 0.15) is 5.75 Å². The van der Waals surface area contributed by atoms with E-state index in [1.54, 1.807) is 11.3 Å². The molecule has 1 aliphatic rings. The monoisotopic (exact) mass is 172 g/mol. The Morgan fingerprint density at radius 1 is 1.60 bits per heavy atom. The minimum absolute atomic E-state index is 0.666. The van der Waals surface area contributed by atoms with Crippen molar-refractivity contribution in [2.24, 2.45) is 0 Å². The molecule has 0 saturated carbocycles. The molecule has 2 heterocycles. The quantitative estimate of drug-likeness (QED) is 0.547. The van der Waals surface area contributed by atoms with Crippen LogP contribution in [0, 0.1) is 0 Å². The van der Waals surface area contributed by atoms with Crippen molar-refractivity contribution in [1.29, 1.82) is 0 Å². The van der Waals surface area contributed by atoms with Crippen LogP contribution in [-0.2, 0) is 17.6 Å². The van der Waals surface area contributed by atoms with Crippen LogP contribution in [0.15, 0.2) is 15.7 Å². The standard InChI is InChI=1S/C7H8OS2/c8-10-5-1-2-6-3-4-9-7(6)10/h3-4H,1-2,5H2. The molecule has 0 spiro atoms. The highest BCUT2D eigenvalue weighted by Gasteiger charge is 2.22. The van der Waals surface area contributed by atoms with E-state index in [2.05, 4.69) is 6.07 Å². The normalized spacial score (nSPS) is 24.3. The van der Waals surface area contributed by atoms with Crippen molar-refractivity contribution in [1.82, 2.24) is 0 Å². The molecule has 0 bridgehead atoms. The van der Waals surface area contributed by atoms with Crippen LogP contribution < -0.4 is 0 Å². The molecule has 0 saturated heterocycles. The lowest BCUT2D eigenvalue weighted by Crippen LogP contribution is -2.13. The molecule has 1 nitrogen and oxygen atoms in total. The fourth-order valence-corrected chi connectivity index (χ4v) is 3.77. The van der Waals surface area contributed by atoms with Crippen molar-refractivity contribution in [3.63, 3.8) is 0 Å². The number of hydrogen-bond acceptors (Lipinski definition) is 2. The first-order chi connectivity index (χ1) is 4.88. The Bertz CT molecular complexity index is 231. The van der Waals surface area contributed by atoms with Gasteiger partial charge >= 0.3 is 0 Å². The zero-order valence-electron chi connectivity index (χ0n) is 5.50. The van der Waals surface area contributed by atoms with E-state index >= 15 is 0 Å². The third kappa shape index (κ3) is 0.983. The minimum Gasteiger partial charge on any atom is -0.611 e. The van der Waals surface area contributed by atoms with E-state index in [4.69, 9.17) is 0 Å². The summed E-state index contributed by atoms with van der Waals surface area (Å²) in [6.45, 7) is 0. The van der Waals surface area contributed by atoms with Crippen LogP contribution in [0.2, 0.25) is 0 Å². The maximum atomic E-state index is 11.3. The molecule has 3 heteroatoms. The Kier molecular flexibility index (Phi) is 1.72. The molecule has 0 radical (unpaired) electrons. The lowest BCUT2D eigenvalue weighted by Gasteiger charge is -2.14. The summed E-state index contributed by atoms with van der Waals surface area (Å²) in [5, 5.41) is 2.04. The molecule has 0 aromatic carbocycles. The average Bonchev–Trinajstić information content (AvgIpc) is 2.36. The van der Waals surface area contributed by atoms with Crippen LogP contribution in [0.5, 0.6) is 0 Å². The molecule has 54 valence electrons. The second-order valence-electron chi connectivity index (χ2n) is 2.39. The SMILES string of the molecule is [O-][S+]1CCCc2ccsc21. The van der Waals surface area contributed by atoms with E-state index in [0.29, 0.717) is 0 Å². The highest BCUT2D eigenvalue weighted by Crippen LogP contribution is 2.29. The molecule has 1 aromatic rings. The Morgan fingerprint density at radius 2 is 2.50 bits per heavy atom. The first-order valence-electron chi connectivity index (χ1n) is 3.32. The highest BCUT2D eigenvalue weighted by atomic mass is 32.2. The summed E-state index contributed by atoms with van der Waals surface area (Å²) in [5.74, 6) is 0.869. The fourth-order valence-electron chi connectivity index (χ4n) is 1.19. The van der Waals surface area contributed by atoms with Gasteiger partial charge in [0.05, 0.1) is 0 Å². The minimum atomic E-state index is -0.666. The Hall–Kier alpha value is 0.01000. The summed E-state index contributed by atoms with van der Waals surface area (Å²) in [6, 6.07) is 2.09. The first-order valence-corrected chi connectivity index (χ1v) is 5.52. The molecule has 1 unspecified atom stereocenters. The molecule has 2 rings (SSSR count). The number of rotatable bonds is 0. The molecule has 0 fully saturated rings. The second kappa shape index (κ2) is 2.57. The largest absolute Gasteiger partial charge is 0.611 e. The van der Waals surface area contributed by atoms with Crippen molar-refractivity contribution in [2.75, 3.05) is 5.75 Å². The van der Waals surface area contributed by atoms with Gasteiger partial charge in [-0.15, -0.1) is 0 Å². The van der Waals surface area contributed by atoms with E-state index in [1.165, 1.54) is 5.56 Å². The Labute approximate surface area is 67.3 Å². The van der Waals surface area contributed by atoms with Gasteiger partial charge in [0.15, 0.2) is 0 Å². The molecule has 0 aliphatic carbocycles. The summed E-state index contributed by atoms with van der Waals surface area (Å²) < 4.78 is 12.4. The maximum Gasteiger partial charge on any atom is 0.209 e. The van der Waals surface area contributed by atoms with E-state index in [1.807, 2.05) is 5.38 Å². The Morgan fingerprint density at radius 3 is 3.30 bits per heavy atom. The molecular formula is C7H8OS2. The molecule has 1 atom stereocenters. The highest BCUT2D eigenvalue weighted by molar-refractivity contribution is 7.93. The van der Waals surface area contributed by atoms with Gasteiger partial charge in [-0.25, -0.2) is 0 Å². The van der Waals surface area contributed by atoms with Gasteiger partial charge in [-0.3, -0.25) is 0 Å². The zero-order valence-corrected chi connectivity index (χ0v) is 7.13. The second-order valence-corrected chi connectivity index (χ2v) is 5.07. The van der Waals surface area contributed by atoms with Gasteiger partial charge in [-0.05, 0) is 35.5 Å². The van der Waals surface area contributed by atoms with Crippen LogP contribution in [-0.4, -0.2) is 10.3 Å². The average molecular weight is 172 g/mol. The number of fused-ring (bicyclic) bond motifs is 1. The van der Waals surface area contributed by atoms with Gasteiger partial charge in [0.25, 0.3) is 0 Å². The van der Waals surface area contributed by atoms with Crippen molar-refractivity contribution < 1.29 is 4.55 Å². The molecule has 0 amide bonds. The maximum absolute atomic E-state index is 11.3. The van der Waals surface area contributed by atoms with Gasteiger partial charge in [0.2, 0.25) is 4.21 Å². The van der Waals surface area contributed by atoms with Crippen molar-refractivity contribution in [3.05, 3.63) is 17.0 Å². The van der Waals surface area contributed by atoms with Crippen molar-refractivity contribution >= 4 is 22.5 Å². The van der Waals surface area contributed by atoms with Crippen LogP contribution in [0.1, 0.15) is 12.0 Å². The smallest absolute Gasteiger partial charge is 0.209 e. The van der Waals surface area contributed by atoms with Gasteiger partial charge in [0, 0.05) is 5.56 Å². The van der Waals surface area contributed by atoms with E-state index in [9.17, 15) is 4.55 Å². The van der Waals surface area contributed by atoms with E-state index in [-0.39, 0.29) is 0 Å². The molecule has 1 aromatic heterocycles. The van der Waals surface area contributed by atoms with Gasteiger partial charge < -0.3 is 4.55 Å². The molecule has 0 N–H and O–H groups in total. The number of hydrogen-bond donors (Lipinski definition) is 0. The number of aryl methyl sites for hydroxylation is 1. The lowest BCUT2D eigenvalue weighted by atomic mass is 10.2. The molecule has 10 heavy (non-hydrogen) atoms. The topological polar surface area (TPSA) is 23.1 Å². The third-order valence-electron chi connectivity index (χ3n) is 1.69. The van der Waals surface area contributed by atoms with Crippen LogP contribution in [0.3, 0.4) is 0 Å². The zero-order chi connectivity index (χ0) is 6.97. The summed E-state index contributed by atoms with van der Waals surface area (Å²) in [4.78, 5) is 0.